The summed E-state index contributed by atoms with van der Waals surface area (Å²) in [6.07, 6.45) is 1.04. The predicted molar refractivity (Wildman–Crippen MR) is 74.6 cm³/mol. The Morgan fingerprint density at radius 3 is 2.47 bits per heavy atom. The molecule has 1 rings (SSSR count). The van der Waals surface area contributed by atoms with Crippen molar-refractivity contribution in [3.63, 3.8) is 0 Å². The van der Waals surface area contributed by atoms with E-state index in [9.17, 15) is 9.59 Å². The molecule has 0 unspecified atom stereocenters. The highest BCUT2D eigenvalue weighted by Gasteiger charge is 2.13. The third-order valence-corrected chi connectivity index (χ3v) is 3.17. The molecule has 0 aliphatic rings. The largest absolute Gasteiger partial charge is 0.466 e. The number of carbonyl (C=O) groups excluding carboxylic acids is 2. The fourth-order valence-electron chi connectivity index (χ4n) is 1.26. The third-order valence-electron chi connectivity index (χ3n) is 2.32. The van der Waals surface area contributed by atoms with Crippen molar-refractivity contribution in [3.8, 4) is 0 Å². The Balaban J connectivity index is 3.00. The number of nitrogens with one attached hydrogen (secondary N) is 1. The van der Waals surface area contributed by atoms with Crippen LogP contribution in [-0.2, 0) is 19.1 Å². The summed E-state index contributed by atoms with van der Waals surface area (Å²) in [4.78, 5) is 22.7. The van der Waals surface area contributed by atoms with Crippen LogP contribution in [0.4, 0.5) is 5.69 Å². The molecule has 0 atom stereocenters. The van der Waals surface area contributed by atoms with Gasteiger partial charge in [0.2, 0.25) is 0 Å². The lowest BCUT2D eigenvalue weighted by molar-refractivity contribution is -0.138. The molecule has 0 heterocycles. The van der Waals surface area contributed by atoms with Gasteiger partial charge in [-0.3, -0.25) is 0 Å². The van der Waals surface area contributed by atoms with Crippen LogP contribution >= 0.6 is 15.9 Å². The van der Waals surface area contributed by atoms with Gasteiger partial charge in [-0.15, -0.1) is 0 Å². The first-order chi connectivity index (χ1) is 8.97. The maximum absolute atomic E-state index is 11.5. The van der Waals surface area contributed by atoms with Crippen molar-refractivity contribution in [1.82, 2.24) is 0 Å². The smallest absolute Gasteiger partial charge is 0.354 e. The van der Waals surface area contributed by atoms with Crippen molar-refractivity contribution in [2.75, 3.05) is 19.5 Å². The second-order valence-corrected chi connectivity index (χ2v) is 4.52. The Kier molecular flexibility index (Phi) is 5.57. The Morgan fingerprint density at radius 2 is 1.95 bits per heavy atom. The number of rotatable bonds is 4. The fraction of sp³-hybridized carbons (Fsp3) is 0.231. The van der Waals surface area contributed by atoms with Crippen molar-refractivity contribution < 1.29 is 19.1 Å². The minimum absolute atomic E-state index is 0.00473. The zero-order valence-electron chi connectivity index (χ0n) is 10.8. The molecule has 0 spiro atoms. The van der Waals surface area contributed by atoms with E-state index in [1.807, 2.05) is 13.0 Å². The highest BCUT2D eigenvalue weighted by atomic mass is 79.9. The molecule has 0 fully saturated rings. The van der Waals surface area contributed by atoms with Crippen LogP contribution in [0.25, 0.3) is 0 Å². The third kappa shape index (κ3) is 4.40. The normalized spacial score (nSPS) is 10.8. The number of esters is 2. The van der Waals surface area contributed by atoms with Gasteiger partial charge in [-0.1, -0.05) is 22.0 Å². The van der Waals surface area contributed by atoms with Crippen LogP contribution < -0.4 is 5.32 Å². The number of carbonyl (C=O) groups is 2. The monoisotopic (exact) mass is 327 g/mol. The van der Waals surface area contributed by atoms with E-state index in [4.69, 9.17) is 0 Å². The molecular weight excluding hydrogens is 314 g/mol. The lowest BCUT2D eigenvalue weighted by atomic mass is 10.2. The molecule has 6 heteroatoms. The van der Waals surface area contributed by atoms with E-state index < -0.39 is 11.9 Å². The minimum atomic E-state index is -0.651. The summed E-state index contributed by atoms with van der Waals surface area (Å²) < 4.78 is 9.97. The van der Waals surface area contributed by atoms with E-state index >= 15 is 0 Å². The maximum Gasteiger partial charge on any atom is 0.354 e. The van der Waals surface area contributed by atoms with Crippen LogP contribution in [0.3, 0.4) is 0 Å². The lowest BCUT2D eigenvalue weighted by Gasteiger charge is -2.10. The van der Waals surface area contributed by atoms with E-state index in [0.29, 0.717) is 5.69 Å². The number of methoxy groups -OCH3 is 2. The van der Waals surface area contributed by atoms with Crippen LogP contribution in [0, 0.1) is 6.92 Å². The zero-order chi connectivity index (χ0) is 14.4. The molecule has 0 saturated heterocycles. The zero-order valence-corrected chi connectivity index (χ0v) is 12.4. The molecule has 0 aliphatic carbocycles. The molecule has 1 aromatic carbocycles. The van der Waals surface area contributed by atoms with E-state index in [-0.39, 0.29) is 5.70 Å². The number of anilines is 1. The Hall–Kier alpha value is -1.82. The van der Waals surface area contributed by atoms with Gasteiger partial charge >= 0.3 is 11.9 Å². The van der Waals surface area contributed by atoms with Crippen molar-refractivity contribution in [2.24, 2.45) is 0 Å². The second-order valence-electron chi connectivity index (χ2n) is 3.66. The Morgan fingerprint density at radius 1 is 1.26 bits per heavy atom. The molecule has 102 valence electrons. The first-order valence-corrected chi connectivity index (χ1v) is 6.18. The summed E-state index contributed by atoms with van der Waals surface area (Å²) in [7, 11) is 2.47. The number of hydrogen-bond donors (Lipinski definition) is 1. The Labute approximate surface area is 119 Å². The quantitative estimate of drug-likeness (QED) is 0.679. The van der Waals surface area contributed by atoms with Gasteiger partial charge in [0.15, 0.2) is 0 Å². The highest BCUT2D eigenvalue weighted by Crippen LogP contribution is 2.21. The van der Waals surface area contributed by atoms with Gasteiger partial charge in [-0.25, -0.2) is 9.59 Å². The highest BCUT2D eigenvalue weighted by molar-refractivity contribution is 9.10. The number of hydrogen-bond acceptors (Lipinski definition) is 5. The molecule has 0 aromatic heterocycles. The molecule has 1 N–H and O–H groups in total. The SMILES string of the molecule is COC(=O)/C=C(/Nc1ccc(C)c(Br)c1)C(=O)OC. The van der Waals surface area contributed by atoms with E-state index in [1.165, 1.54) is 14.2 Å². The van der Waals surface area contributed by atoms with Gasteiger partial charge < -0.3 is 14.8 Å². The fourth-order valence-corrected chi connectivity index (χ4v) is 1.64. The van der Waals surface area contributed by atoms with Crippen LogP contribution in [0.1, 0.15) is 5.56 Å². The summed E-state index contributed by atoms with van der Waals surface area (Å²) >= 11 is 3.39. The van der Waals surface area contributed by atoms with Crippen LogP contribution in [0.2, 0.25) is 0 Å². The van der Waals surface area contributed by atoms with Crippen LogP contribution in [0.15, 0.2) is 34.4 Å². The van der Waals surface area contributed by atoms with Gasteiger partial charge in [0.1, 0.15) is 5.70 Å². The minimum Gasteiger partial charge on any atom is -0.466 e. The van der Waals surface area contributed by atoms with Gasteiger partial charge in [-0.2, -0.15) is 0 Å². The molecule has 5 nitrogen and oxygen atoms in total. The number of ether oxygens (including phenoxy) is 2. The molecule has 1 aromatic rings. The summed E-state index contributed by atoms with van der Waals surface area (Å²) in [6.45, 7) is 1.94. The average Bonchev–Trinajstić information content (AvgIpc) is 2.41. The summed E-state index contributed by atoms with van der Waals surface area (Å²) in [5.41, 5.74) is 1.71. The van der Waals surface area contributed by atoms with Crippen molar-refractivity contribution in [1.29, 1.82) is 0 Å². The summed E-state index contributed by atoms with van der Waals surface area (Å²) in [5.74, 6) is -1.29. The molecule has 0 aliphatic heterocycles. The molecule has 0 amide bonds. The molecular formula is C13H14BrNO4. The van der Waals surface area contributed by atoms with Gasteiger partial charge in [0, 0.05) is 10.2 Å². The van der Waals surface area contributed by atoms with E-state index in [2.05, 4.69) is 30.7 Å². The van der Waals surface area contributed by atoms with Crippen LogP contribution in [0.5, 0.6) is 0 Å². The van der Waals surface area contributed by atoms with E-state index in [0.717, 1.165) is 16.1 Å². The van der Waals surface area contributed by atoms with Crippen molar-refractivity contribution >= 4 is 33.6 Å². The Bertz CT molecular complexity index is 525. The van der Waals surface area contributed by atoms with Gasteiger partial charge in [-0.05, 0) is 24.6 Å². The van der Waals surface area contributed by atoms with Crippen molar-refractivity contribution in [3.05, 3.63) is 40.0 Å². The lowest BCUT2D eigenvalue weighted by Crippen LogP contribution is -2.15. The van der Waals surface area contributed by atoms with Gasteiger partial charge in [0.25, 0.3) is 0 Å². The van der Waals surface area contributed by atoms with Crippen molar-refractivity contribution in [2.45, 2.75) is 6.92 Å². The molecule has 0 radical (unpaired) electrons. The number of benzene rings is 1. The average molecular weight is 328 g/mol. The standard InChI is InChI=1S/C13H14BrNO4/c1-8-4-5-9(6-10(8)14)15-11(13(17)19-3)7-12(16)18-2/h4-7,15H,1-3H3/b11-7+. The molecule has 0 saturated carbocycles. The first-order valence-electron chi connectivity index (χ1n) is 5.39. The first kappa shape index (κ1) is 15.2. The van der Waals surface area contributed by atoms with Crippen LogP contribution in [-0.4, -0.2) is 26.2 Å². The predicted octanol–water partition coefficient (Wildman–Crippen LogP) is 2.40. The maximum atomic E-state index is 11.5. The number of halogens is 1. The number of aryl methyl sites for hydroxylation is 1. The summed E-state index contributed by atoms with van der Waals surface area (Å²) in [6, 6.07) is 5.46. The topological polar surface area (TPSA) is 64.6 Å². The second kappa shape index (κ2) is 6.94. The molecule has 0 bridgehead atoms. The molecule has 19 heavy (non-hydrogen) atoms. The van der Waals surface area contributed by atoms with E-state index in [1.54, 1.807) is 12.1 Å². The summed E-state index contributed by atoms with van der Waals surface area (Å²) in [5, 5.41) is 2.82. The van der Waals surface area contributed by atoms with Gasteiger partial charge in [0.05, 0.1) is 20.3 Å².